The summed E-state index contributed by atoms with van der Waals surface area (Å²) in [5.74, 6) is -3.04. The van der Waals surface area contributed by atoms with Gasteiger partial charge in [0.25, 0.3) is 11.8 Å². The summed E-state index contributed by atoms with van der Waals surface area (Å²) in [5, 5.41) is 5.76. The third-order valence-electron chi connectivity index (χ3n) is 6.64. The first-order valence-electron chi connectivity index (χ1n) is 12.2. The zero-order valence-electron chi connectivity index (χ0n) is 20.2. The molecule has 36 heavy (non-hydrogen) atoms. The maximum atomic E-state index is 13.9. The second kappa shape index (κ2) is 11.0. The highest BCUT2D eigenvalue weighted by molar-refractivity contribution is 6.00. The molecule has 10 heteroatoms. The molecule has 1 aliphatic heterocycles. The van der Waals surface area contributed by atoms with Gasteiger partial charge in [-0.25, -0.2) is 13.6 Å². The summed E-state index contributed by atoms with van der Waals surface area (Å²) < 4.78 is 27.7. The minimum absolute atomic E-state index is 0.0883. The molecule has 8 nitrogen and oxygen atoms in total. The van der Waals surface area contributed by atoms with Crippen LogP contribution < -0.4 is 16.4 Å². The minimum Gasteiger partial charge on any atom is -0.350 e. The highest BCUT2D eigenvalue weighted by Gasteiger charge is 2.41. The number of urea groups is 1. The fourth-order valence-electron chi connectivity index (χ4n) is 4.83. The number of nitrogens with two attached hydrogens (primary N) is 1. The van der Waals surface area contributed by atoms with E-state index >= 15 is 0 Å². The van der Waals surface area contributed by atoms with Gasteiger partial charge in [0.2, 0.25) is 0 Å². The molecule has 2 fully saturated rings. The number of carbonyl (C=O) groups is 3. The normalized spacial score (nSPS) is 22.2. The van der Waals surface area contributed by atoms with Crippen LogP contribution in [0.4, 0.5) is 19.3 Å². The van der Waals surface area contributed by atoms with Gasteiger partial charge < -0.3 is 21.3 Å². The van der Waals surface area contributed by atoms with Crippen LogP contribution in [0, 0.1) is 18.6 Å². The smallest absolute Gasteiger partial charge is 0.323 e. The third-order valence-corrected chi connectivity index (χ3v) is 6.64. The summed E-state index contributed by atoms with van der Waals surface area (Å²) >= 11 is 0. The summed E-state index contributed by atoms with van der Waals surface area (Å²) in [7, 11) is 0. The summed E-state index contributed by atoms with van der Waals surface area (Å²) in [6, 6.07) is 9.14. The number of hydrogen-bond donors (Lipinski definition) is 3. The van der Waals surface area contributed by atoms with Gasteiger partial charge in [-0.1, -0.05) is 12.1 Å². The number of anilines is 1. The van der Waals surface area contributed by atoms with Crippen LogP contribution >= 0.6 is 0 Å². The number of amides is 4. The first kappa shape index (κ1) is 25.6. The van der Waals surface area contributed by atoms with Crippen molar-refractivity contribution in [2.45, 2.75) is 57.3 Å². The van der Waals surface area contributed by atoms with Crippen LogP contribution in [-0.2, 0) is 4.79 Å². The first-order valence-corrected chi connectivity index (χ1v) is 12.2. The van der Waals surface area contributed by atoms with Crippen molar-refractivity contribution >= 4 is 23.5 Å². The van der Waals surface area contributed by atoms with Gasteiger partial charge in [-0.2, -0.15) is 0 Å². The van der Waals surface area contributed by atoms with Crippen molar-refractivity contribution < 1.29 is 23.2 Å². The fourth-order valence-corrected chi connectivity index (χ4v) is 4.83. The molecule has 1 unspecified atom stereocenters. The average Bonchev–Trinajstić information content (AvgIpc) is 2.84. The molecule has 4 N–H and O–H groups in total. The monoisotopic (exact) mass is 499 g/mol. The molecular formula is C26H31F2N5O3. The standard InChI is InChI=1S/C26H31F2N5O3/c1-16-4-2-5-22(12-16)31-26(36)33-11-3-10-32(25(35)17-13-18(27)15-19(28)14-17)24(33)23(34)30-21-8-6-20(29)7-9-21/h2,4-5,12-15,20-21,24H,3,6-11,29H2,1H3,(H,30,34)(H,31,36). The van der Waals surface area contributed by atoms with E-state index in [0.717, 1.165) is 30.5 Å². The lowest BCUT2D eigenvalue weighted by atomic mass is 9.91. The van der Waals surface area contributed by atoms with Crippen LogP contribution in [0.15, 0.2) is 42.5 Å². The van der Waals surface area contributed by atoms with E-state index in [1.807, 2.05) is 13.0 Å². The number of benzene rings is 2. The quantitative estimate of drug-likeness (QED) is 0.600. The van der Waals surface area contributed by atoms with Gasteiger partial charge in [0, 0.05) is 42.5 Å². The number of nitrogens with one attached hydrogen (secondary N) is 2. The number of rotatable bonds is 4. The van der Waals surface area contributed by atoms with E-state index in [1.54, 1.807) is 18.2 Å². The molecule has 2 aromatic carbocycles. The van der Waals surface area contributed by atoms with Crippen molar-refractivity contribution in [1.82, 2.24) is 15.1 Å². The molecule has 1 saturated heterocycles. The highest BCUT2D eigenvalue weighted by Crippen LogP contribution is 2.23. The Hall–Kier alpha value is -3.53. The van der Waals surface area contributed by atoms with E-state index < -0.39 is 35.6 Å². The molecular weight excluding hydrogens is 468 g/mol. The Balaban J connectivity index is 1.61. The van der Waals surface area contributed by atoms with Gasteiger partial charge in [-0.15, -0.1) is 0 Å². The Bertz CT molecular complexity index is 1120. The third kappa shape index (κ3) is 5.99. The van der Waals surface area contributed by atoms with Gasteiger partial charge in [0.15, 0.2) is 6.17 Å². The molecule has 2 aromatic rings. The van der Waals surface area contributed by atoms with Gasteiger partial charge in [0.05, 0.1) is 0 Å². The minimum atomic E-state index is -1.28. The first-order chi connectivity index (χ1) is 17.2. The largest absolute Gasteiger partial charge is 0.350 e. The molecule has 4 amide bonds. The zero-order chi connectivity index (χ0) is 25.8. The molecule has 1 saturated carbocycles. The van der Waals surface area contributed by atoms with Crippen LogP contribution in [0.3, 0.4) is 0 Å². The molecule has 4 rings (SSSR count). The van der Waals surface area contributed by atoms with E-state index in [0.29, 0.717) is 31.0 Å². The molecule has 2 aliphatic rings. The van der Waals surface area contributed by atoms with Gasteiger partial charge in [-0.3, -0.25) is 14.5 Å². The van der Waals surface area contributed by atoms with Gasteiger partial charge in [-0.05, 0) is 68.9 Å². The molecule has 1 heterocycles. The van der Waals surface area contributed by atoms with Crippen molar-refractivity contribution in [3.63, 3.8) is 0 Å². The molecule has 0 radical (unpaired) electrons. The lowest BCUT2D eigenvalue weighted by Gasteiger charge is -2.43. The van der Waals surface area contributed by atoms with Crippen LogP contribution in [0.5, 0.6) is 0 Å². The van der Waals surface area contributed by atoms with Crippen molar-refractivity contribution in [3.05, 3.63) is 65.2 Å². The lowest BCUT2D eigenvalue weighted by molar-refractivity contribution is -0.133. The van der Waals surface area contributed by atoms with Gasteiger partial charge in [0.1, 0.15) is 11.6 Å². The molecule has 0 aromatic heterocycles. The highest BCUT2D eigenvalue weighted by atomic mass is 19.1. The van der Waals surface area contributed by atoms with Crippen LogP contribution in [0.2, 0.25) is 0 Å². The van der Waals surface area contributed by atoms with E-state index in [4.69, 9.17) is 5.73 Å². The zero-order valence-corrected chi connectivity index (χ0v) is 20.2. The number of halogens is 2. The predicted octanol–water partition coefficient (Wildman–Crippen LogP) is 3.37. The lowest BCUT2D eigenvalue weighted by Crippen LogP contribution is -2.65. The van der Waals surface area contributed by atoms with E-state index in [9.17, 15) is 23.2 Å². The Kier molecular flexibility index (Phi) is 7.83. The Morgan fingerprint density at radius 3 is 2.28 bits per heavy atom. The van der Waals surface area contributed by atoms with Gasteiger partial charge >= 0.3 is 6.03 Å². The molecule has 1 aliphatic carbocycles. The second-order valence-corrected chi connectivity index (χ2v) is 9.50. The Morgan fingerprint density at radius 2 is 1.61 bits per heavy atom. The predicted molar refractivity (Wildman–Crippen MR) is 131 cm³/mol. The number of carbonyl (C=O) groups excluding carboxylic acids is 3. The van der Waals surface area contributed by atoms with Crippen molar-refractivity contribution in [3.8, 4) is 0 Å². The molecule has 192 valence electrons. The number of hydrogen-bond acceptors (Lipinski definition) is 4. The maximum absolute atomic E-state index is 13.9. The van der Waals surface area contributed by atoms with Crippen molar-refractivity contribution in [1.29, 1.82) is 0 Å². The summed E-state index contributed by atoms with van der Waals surface area (Å²) in [6.07, 6.45) is 2.03. The Labute approximate surface area is 208 Å². The number of nitrogens with zero attached hydrogens (tertiary/aromatic N) is 2. The second-order valence-electron chi connectivity index (χ2n) is 9.50. The van der Waals surface area contributed by atoms with Crippen molar-refractivity contribution in [2.24, 2.45) is 5.73 Å². The van der Waals surface area contributed by atoms with E-state index in [2.05, 4.69) is 10.6 Å². The average molecular weight is 500 g/mol. The van der Waals surface area contributed by atoms with E-state index in [1.165, 1.54) is 9.80 Å². The SMILES string of the molecule is Cc1cccc(NC(=O)N2CCCN(C(=O)c3cc(F)cc(F)c3)C2C(=O)NC2CCC(N)CC2)c1. The fraction of sp³-hybridized carbons (Fsp3) is 0.423. The topological polar surface area (TPSA) is 108 Å². The molecule has 1 atom stereocenters. The Morgan fingerprint density at radius 1 is 0.944 bits per heavy atom. The number of aryl methyl sites for hydroxylation is 1. The molecule has 0 spiro atoms. The van der Waals surface area contributed by atoms with Crippen LogP contribution in [-0.4, -0.2) is 59.0 Å². The van der Waals surface area contributed by atoms with Crippen LogP contribution in [0.1, 0.15) is 48.0 Å². The van der Waals surface area contributed by atoms with Crippen molar-refractivity contribution in [2.75, 3.05) is 18.4 Å². The maximum Gasteiger partial charge on any atom is 0.323 e. The summed E-state index contributed by atoms with van der Waals surface area (Å²) in [5.41, 5.74) is 7.25. The van der Waals surface area contributed by atoms with E-state index in [-0.39, 0.29) is 30.7 Å². The summed E-state index contributed by atoms with van der Waals surface area (Å²) in [4.78, 5) is 42.7. The molecule has 0 bridgehead atoms. The van der Waals surface area contributed by atoms with Crippen LogP contribution in [0.25, 0.3) is 0 Å². The summed E-state index contributed by atoms with van der Waals surface area (Å²) in [6.45, 7) is 2.27.